The summed E-state index contributed by atoms with van der Waals surface area (Å²) in [4.78, 5) is 4.21. The first-order valence-electron chi connectivity index (χ1n) is 7.48. The number of aliphatic hydroxyl groups is 1. The number of halogens is 3. The molecule has 25 heavy (non-hydrogen) atoms. The quantitative estimate of drug-likeness (QED) is 0.893. The minimum absolute atomic E-state index is 0.00675. The smallest absolute Gasteiger partial charge is 0.420 e. The lowest BCUT2D eigenvalue weighted by molar-refractivity contribution is -0.355. The molecule has 1 unspecified atom stereocenters. The fourth-order valence-corrected chi connectivity index (χ4v) is 2.18. The van der Waals surface area contributed by atoms with Gasteiger partial charge in [-0.2, -0.15) is 13.2 Å². The Balaban J connectivity index is 1.79. The van der Waals surface area contributed by atoms with Gasteiger partial charge in [0.1, 0.15) is 0 Å². The maximum Gasteiger partial charge on any atom is 0.458 e. The molecule has 1 N–H and O–H groups in total. The van der Waals surface area contributed by atoms with E-state index in [1.165, 1.54) is 0 Å². The Hall–Kier alpha value is -2.42. The lowest BCUT2D eigenvalue weighted by Crippen LogP contribution is -2.45. The largest absolute Gasteiger partial charge is 0.458 e. The van der Waals surface area contributed by atoms with Gasteiger partial charge in [0.2, 0.25) is 11.8 Å². The van der Waals surface area contributed by atoms with E-state index in [0.29, 0.717) is 22.9 Å². The summed E-state index contributed by atoms with van der Waals surface area (Å²) in [6, 6.07) is 6.37. The molecule has 0 radical (unpaired) electrons. The van der Waals surface area contributed by atoms with E-state index in [-0.39, 0.29) is 11.1 Å². The molecule has 0 bridgehead atoms. The highest BCUT2D eigenvalue weighted by atomic mass is 19.4. The summed E-state index contributed by atoms with van der Waals surface area (Å²) < 4.78 is 43.8. The van der Waals surface area contributed by atoms with Gasteiger partial charge in [-0.1, -0.05) is 38.1 Å². The van der Waals surface area contributed by atoms with Crippen LogP contribution in [-0.2, 0) is 10.3 Å². The van der Waals surface area contributed by atoms with Crippen LogP contribution in [0.15, 0.2) is 33.8 Å². The number of alkyl halides is 3. The van der Waals surface area contributed by atoms with Crippen molar-refractivity contribution in [3.8, 4) is 11.5 Å². The Kier molecular flexibility index (Phi) is 3.86. The zero-order valence-corrected chi connectivity index (χ0v) is 13.8. The number of benzene rings is 1. The van der Waals surface area contributed by atoms with Crippen molar-refractivity contribution in [2.24, 2.45) is 5.16 Å². The molecule has 1 aromatic heterocycles. The molecule has 0 aliphatic carbocycles. The van der Waals surface area contributed by atoms with Gasteiger partial charge in [0.05, 0.1) is 12.1 Å². The van der Waals surface area contributed by atoms with Crippen LogP contribution in [0.2, 0.25) is 0 Å². The zero-order valence-electron chi connectivity index (χ0n) is 13.8. The molecule has 2 aromatic rings. The van der Waals surface area contributed by atoms with Gasteiger partial charge in [0.25, 0.3) is 0 Å². The average molecular weight is 355 g/mol. The van der Waals surface area contributed by atoms with Gasteiger partial charge in [0.15, 0.2) is 0 Å². The van der Waals surface area contributed by atoms with Crippen molar-refractivity contribution in [3.05, 3.63) is 35.7 Å². The molecule has 9 heteroatoms. The molecule has 0 fully saturated rings. The maximum atomic E-state index is 12.7. The SMILES string of the molecule is CC(C)(C)c1nnc(-c2ccc(C3=NOC(O)(C(F)(F)F)C3)cc2)o1. The Morgan fingerprint density at radius 2 is 1.64 bits per heavy atom. The third kappa shape index (κ3) is 3.23. The molecular formula is C16H16F3N3O3. The van der Waals surface area contributed by atoms with Gasteiger partial charge in [-0.3, -0.25) is 0 Å². The minimum Gasteiger partial charge on any atom is -0.420 e. The topological polar surface area (TPSA) is 80.7 Å². The van der Waals surface area contributed by atoms with Crippen molar-refractivity contribution >= 4 is 5.71 Å². The van der Waals surface area contributed by atoms with Crippen molar-refractivity contribution in [1.29, 1.82) is 0 Å². The van der Waals surface area contributed by atoms with Crippen LogP contribution < -0.4 is 0 Å². The summed E-state index contributed by atoms with van der Waals surface area (Å²) in [6.45, 7) is 5.81. The second-order valence-electron chi connectivity index (χ2n) is 6.83. The normalized spacial score (nSPS) is 21.2. The molecule has 0 amide bonds. The fraction of sp³-hybridized carbons (Fsp3) is 0.438. The van der Waals surface area contributed by atoms with Crippen molar-refractivity contribution in [2.75, 3.05) is 0 Å². The van der Waals surface area contributed by atoms with Crippen LogP contribution in [0.4, 0.5) is 13.2 Å². The number of nitrogens with zero attached hydrogens (tertiary/aromatic N) is 3. The standard InChI is InChI=1S/C16H16F3N3O3/c1-14(2,3)13-21-20-12(24-13)10-6-4-9(5-7-10)11-8-15(23,25-22-11)16(17,18)19/h4-7,23H,8H2,1-3H3. The van der Waals surface area contributed by atoms with Crippen molar-refractivity contribution < 1.29 is 27.5 Å². The molecule has 1 aromatic carbocycles. The molecular weight excluding hydrogens is 339 g/mol. The third-order valence-electron chi connectivity index (χ3n) is 3.69. The van der Waals surface area contributed by atoms with E-state index in [2.05, 4.69) is 20.2 Å². The predicted molar refractivity (Wildman–Crippen MR) is 81.7 cm³/mol. The summed E-state index contributed by atoms with van der Waals surface area (Å²) in [6.07, 6.45) is -5.70. The molecule has 6 nitrogen and oxygen atoms in total. The Labute approximate surface area is 141 Å². The summed E-state index contributed by atoms with van der Waals surface area (Å²) in [5, 5.41) is 20.8. The summed E-state index contributed by atoms with van der Waals surface area (Å²) >= 11 is 0. The van der Waals surface area contributed by atoms with Crippen LogP contribution >= 0.6 is 0 Å². The number of oxime groups is 1. The average Bonchev–Trinajstić information content (AvgIpc) is 3.14. The van der Waals surface area contributed by atoms with E-state index in [4.69, 9.17) is 4.42 Å². The monoisotopic (exact) mass is 355 g/mol. The van der Waals surface area contributed by atoms with Crippen LogP contribution in [-0.4, -0.2) is 33.0 Å². The van der Waals surface area contributed by atoms with E-state index < -0.39 is 18.4 Å². The Morgan fingerprint density at radius 1 is 1.04 bits per heavy atom. The molecule has 0 saturated carbocycles. The van der Waals surface area contributed by atoms with Crippen LogP contribution in [0.3, 0.4) is 0 Å². The van der Waals surface area contributed by atoms with Crippen LogP contribution in [0.1, 0.15) is 38.6 Å². The lowest BCUT2D eigenvalue weighted by Gasteiger charge is -2.22. The molecule has 134 valence electrons. The van der Waals surface area contributed by atoms with E-state index in [0.717, 1.165) is 0 Å². The van der Waals surface area contributed by atoms with Gasteiger partial charge >= 0.3 is 12.0 Å². The second-order valence-corrected chi connectivity index (χ2v) is 6.83. The summed E-state index contributed by atoms with van der Waals surface area (Å²) in [7, 11) is 0. The maximum absolute atomic E-state index is 12.7. The molecule has 1 aliphatic rings. The number of hydrogen-bond acceptors (Lipinski definition) is 6. The highest BCUT2D eigenvalue weighted by molar-refractivity contribution is 6.01. The van der Waals surface area contributed by atoms with Crippen molar-refractivity contribution in [3.63, 3.8) is 0 Å². The van der Waals surface area contributed by atoms with Crippen LogP contribution in [0, 0.1) is 0 Å². The third-order valence-corrected chi connectivity index (χ3v) is 3.69. The highest BCUT2D eigenvalue weighted by Crippen LogP contribution is 2.39. The van der Waals surface area contributed by atoms with E-state index in [1.54, 1.807) is 24.3 Å². The lowest BCUT2D eigenvalue weighted by atomic mass is 9.97. The summed E-state index contributed by atoms with van der Waals surface area (Å²) in [5.41, 5.74) is 0.743. The first-order chi connectivity index (χ1) is 11.5. The zero-order chi connectivity index (χ0) is 18.5. The fourth-order valence-electron chi connectivity index (χ4n) is 2.18. The molecule has 3 rings (SSSR count). The van der Waals surface area contributed by atoms with Crippen molar-refractivity contribution in [2.45, 2.75) is 44.6 Å². The molecule has 0 spiro atoms. The minimum atomic E-state index is -4.93. The van der Waals surface area contributed by atoms with Gasteiger partial charge in [0, 0.05) is 11.0 Å². The number of aromatic nitrogens is 2. The van der Waals surface area contributed by atoms with Crippen molar-refractivity contribution in [1.82, 2.24) is 10.2 Å². The van der Waals surface area contributed by atoms with E-state index >= 15 is 0 Å². The van der Waals surface area contributed by atoms with Crippen LogP contribution in [0.25, 0.3) is 11.5 Å². The van der Waals surface area contributed by atoms with E-state index in [9.17, 15) is 18.3 Å². The van der Waals surface area contributed by atoms with Gasteiger partial charge in [-0.15, -0.1) is 10.2 Å². The first-order valence-corrected chi connectivity index (χ1v) is 7.48. The molecule has 2 heterocycles. The first kappa shape index (κ1) is 17.4. The van der Waals surface area contributed by atoms with Crippen LogP contribution in [0.5, 0.6) is 0 Å². The highest BCUT2D eigenvalue weighted by Gasteiger charge is 2.60. The van der Waals surface area contributed by atoms with Gasteiger partial charge in [-0.25, -0.2) is 0 Å². The molecule has 0 saturated heterocycles. The van der Waals surface area contributed by atoms with Gasteiger partial charge in [-0.05, 0) is 17.7 Å². The number of rotatable bonds is 2. The Bertz CT molecular complexity index is 807. The van der Waals surface area contributed by atoms with E-state index in [1.807, 2.05) is 20.8 Å². The second kappa shape index (κ2) is 5.55. The molecule has 1 atom stereocenters. The number of hydrogen-bond donors (Lipinski definition) is 1. The summed E-state index contributed by atoms with van der Waals surface area (Å²) in [5.74, 6) is -2.49. The Morgan fingerprint density at radius 3 is 2.12 bits per heavy atom. The molecule has 1 aliphatic heterocycles. The predicted octanol–water partition coefficient (Wildman–Crippen LogP) is 3.41. The van der Waals surface area contributed by atoms with Gasteiger partial charge < -0.3 is 14.4 Å².